The molecule has 0 aromatic heterocycles. The molecular formula is C14H19BrFN. The molecule has 94 valence electrons. The lowest BCUT2D eigenvalue weighted by Gasteiger charge is -2.34. The van der Waals surface area contributed by atoms with Gasteiger partial charge in [-0.25, -0.2) is 4.39 Å². The van der Waals surface area contributed by atoms with Crippen LogP contribution in [0.1, 0.15) is 31.7 Å². The van der Waals surface area contributed by atoms with Gasteiger partial charge in [-0.05, 0) is 49.4 Å². The summed E-state index contributed by atoms with van der Waals surface area (Å²) < 4.78 is 14.6. The fourth-order valence-electron chi connectivity index (χ4n) is 2.43. The van der Waals surface area contributed by atoms with Gasteiger partial charge in [0, 0.05) is 10.5 Å². The summed E-state index contributed by atoms with van der Waals surface area (Å²) in [5.41, 5.74) is 0.825. The van der Waals surface area contributed by atoms with Gasteiger partial charge in [-0.2, -0.15) is 0 Å². The Morgan fingerprint density at radius 3 is 2.76 bits per heavy atom. The van der Waals surface area contributed by atoms with Crippen LogP contribution in [0.15, 0.2) is 22.7 Å². The Morgan fingerprint density at radius 2 is 2.24 bits per heavy atom. The SMILES string of the molecule is CCNC(Cc1ccc(Br)cc1F)C1CCC1. The van der Waals surface area contributed by atoms with E-state index in [2.05, 4.69) is 28.2 Å². The Morgan fingerprint density at radius 1 is 1.47 bits per heavy atom. The first kappa shape index (κ1) is 13.0. The Bertz CT molecular complexity index is 376. The largest absolute Gasteiger partial charge is 0.314 e. The number of likely N-dealkylation sites (N-methyl/N-ethyl adjacent to an activating group) is 1. The van der Waals surface area contributed by atoms with Crippen LogP contribution < -0.4 is 5.32 Å². The molecule has 0 radical (unpaired) electrons. The first-order valence-electron chi connectivity index (χ1n) is 6.38. The van der Waals surface area contributed by atoms with Crippen LogP contribution >= 0.6 is 15.9 Å². The van der Waals surface area contributed by atoms with Crippen molar-refractivity contribution in [1.29, 1.82) is 0 Å². The van der Waals surface area contributed by atoms with Gasteiger partial charge in [0.05, 0.1) is 0 Å². The number of halogens is 2. The van der Waals surface area contributed by atoms with E-state index in [-0.39, 0.29) is 5.82 Å². The van der Waals surface area contributed by atoms with E-state index in [1.165, 1.54) is 19.3 Å². The van der Waals surface area contributed by atoms with Crippen LogP contribution in [0.2, 0.25) is 0 Å². The number of rotatable bonds is 5. The summed E-state index contributed by atoms with van der Waals surface area (Å²) in [6.45, 7) is 3.07. The third kappa shape index (κ3) is 3.29. The summed E-state index contributed by atoms with van der Waals surface area (Å²) in [7, 11) is 0. The predicted molar refractivity (Wildman–Crippen MR) is 72.6 cm³/mol. The topological polar surface area (TPSA) is 12.0 Å². The van der Waals surface area contributed by atoms with Gasteiger partial charge >= 0.3 is 0 Å². The zero-order chi connectivity index (χ0) is 12.3. The molecule has 0 bridgehead atoms. The molecule has 1 unspecified atom stereocenters. The van der Waals surface area contributed by atoms with E-state index in [4.69, 9.17) is 0 Å². The van der Waals surface area contributed by atoms with Crippen LogP contribution in [0.25, 0.3) is 0 Å². The average Bonchev–Trinajstić information content (AvgIpc) is 2.20. The summed E-state index contributed by atoms with van der Waals surface area (Å²) in [5, 5.41) is 3.50. The van der Waals surface area contributed by atoms with Gasteiger partial charge < -0.3 is 5.32 Å². The third-order valence-corrected chi connectivity index (χ3v) is 4.13. The fraction of sp³-hybridized carbons (Fsp3) is 0.571. The molecule has 0 amide bonds. The maximum Gasteiger partial charge on any atom is 0.127 e. The van der Waals surface area contributed by atoms with Crippen LogP contribution in [-0.2, 0) is 6.42 Å². The summed E-state index contributed by atoms with van der Waals surface area (Å²) in [6, 6.07) is 5.80. The minimum absolute atomic E-state index is 0.0957. The van der Waals surface area contributed by atoms with Crippen LogP contribution in [0.4, 0.5) is 4.39 Å². The van der Waals surface area contributed by atoms with Gasteiger partial charge in [-0.1, -0.05) is 35.3 Å². The van der Waals surface area contributed by atoms with E-state index in [1.807, 2.05) is 12.1 Å². The van der Waals surface area contributed by atoms with Crippen LogP contribution in [0.3, 0.4) is 0 Å². The van der Waals surface area contributed by atoms with Crippen molar-refractivity contribution >= 4 is 15.9 Å². The molecule has 1 fully saturated rings. The second-order valence-corrected chi connectivity index (χ2v) is 5.71. The van der Waals surface area contributed by atoms with Crippen molar-refractivity contribution < 1.29 is 4.39 Å². The summed E-state index contributed by atoms with van der Waals surface area (Å²) in [6.07, 6.45) is 4.71. The number of benzene rings is 1. The van der Waals surface area contributed by atoms with Crippen molar-refractivity contribution in [2.24, 2.45) is 5.92 Å². The predicted octanol–water partition coefficient (Wildman–Crippen LogP) is 3.91. The third-order valence-electron chi connectivity index (χ3n) is 3.64. The highest BCUT2D eigenvalue weighted by molar-refractivity contribution is 9.10. The molecule has 1 saturated carbocycles. The molecule has 2 rings (SSSR count). The molecule has 1 aromatic carbocycles. The lowest BCUT2D eigenvalue weighted by Crippen LogP contribution is -2.41. The number of hydrogen-bond acceptors (Lipinski definition) is 1. The molecule has 0 spiro atoms. The van der Waals surface area contributed by atoms with Crippen molar-refractivity contribution in [2.75, 3.05) is 6.54 Å². The zero-order valence-corrected chi connectivity index (χ0v) is 11.8. The Labute approximate surface area is 111 Å². The van der Waals surface area contributed by atoms with Gasteiger partial charge in [-0.15, -0.1) is 0 Å². The van der Waals surface area contributed by atoms with Crippen molar-refractivity contribution in [3.8, 4) is 0 Å². The van der Waals surface area contributed by atoms with E-state index >= 15 is 0 Å². The highest BCUT2D eigenvalue weighted by atomic mass is 79.9. The summed E-state index contributed by atoms with van der Waals surface area (Å²) >= 11 is 3.29. The minimum Gasteiger partial charge on any atom is -0.314 e. The standard InChI is InChI=1S/C14H19BrFN/c1-2-17-14(10-4-3-5-10)8-11-6-7-12(15)9-13(11)16/h6-7,9-10,14,17H,2-5,8H2,1H3. The Hall–Kier alpha value is -0.410. The maximum absolute atomic E-state index is 13.8. The number of hydrogen-bond donors (Lipinski definition) is 1. The second kappa shape index (κ2) is 5.96. The Balaban J connectivity index is 2.05. The van der Waals surface area contributed by atoms with Gasteiger partial charge in [-0.3, -0.25) is 0 Å². The molecule has 1 atom stereocenters. The van der Waals surface area contributed by atoms with Crippen molar-refractivity contribution in [1.82, 2.24) is 5.32 Å². The minimum atomic E-state index is -0.0957. The molecule has 0 aliphatic heterocycles. The van der Waals surface area contributed by atoms with E-state index < -0.39 is 0 Å². The normalized spacial score (nSPS) is 17.8. The van der Waals surface area contributed by atoms with Crippen LogP contribution in [0.5, 0.6) is 0 Å². The molecule has 1 N–H and O–H groups in total. The van der Waals surface area contributed by atoms with Crippen LogP contribution in [-0.4, -0.2) is 12.6 Å². The summed E-state index contributed by atoms with van der Waals surface area (Å²) in [5.74, 6) is 0.639. The first-order valence-corrected chi connectivity index (χ1v) is 7.17. The number of nitrogens with one attached hydrogen (secondary N) is 1. The molecule has 1 aliphatic carbocycles. The average molecular weight is 300 g/mol. The zero-order valence-electron chi connectivity index (χ0n) is 10.2. The lowest BCUT2D eigenvalue weighted by atomic mass is 9.77. The molecule has 3 heteroatoms. The van der Waals surface area contributed by atoms with Crippen molar-refractivity contribution in [3.05, 3.63) is 34.1 Å². The van der Waals surface area contributed by atoms with Gasteiger partial charge in [0.15, 0.2) is 0 Å². The fourth-order valence-corrected chi connectivity index (χ4v) is 2.77. The van der Waals surface area contributed by atoms with Crippen LogP contribution in [0, 0.1) is 11.7 Å². The highest BCUT2D eigenvalue weighted by Crippen LogP contribution is 2.31. The molecule has 0 saturated heterocycles. The van der Waals surface area contributed by atoms with E-state index in [0.717, 1.165) is 28.9 Å². The molecule has 1 aliphatic rings. The van der Waals surface area contributed by atoms with Gasteiger partial charge in [0.1, 0.15) is 5.82 Å². The van der Waals surface area contributed by atoms with Crippen molar-refractivity contribution in [2.45, 2.75) is 38.6 Å². The first-order chi connectivity index (χ1) is 8.20. The van der Waals surface area contributed by atoms with E-state index in [9.17, 15) is 4.39 Å². The van der Waals surface area contributed by atoms with E-state index in [1.54, 1.807) is 6.07 Å². The second-order valence-electron chi connectivity index (χ2n) is 4.80. The Kier molecular flexibility index (Phi) is 4.57. The van der Waals surface area contributed by atoms with Gasteiger partial charge in [0.25, 0.3) is 0 Å². The quantitative estimate of drug-likeness (QED) is 0.869. The van der Waals surface area contributed by atoms with E-state index in [0.29, 0.717) is 6.04 Å². The summed E-state index contributed by atoms with van der Waals surface area (Å²) in [4.78, 5) is 0. The molecule has 1 aromatic rings. The molecule has 0 heterocycles. The van der Waals surface area contributed by atoms with Gasteiger partial charge in [0.2, 0.25) is 0 Å². The highest BCUT2D eigenvalue weighted by Gasteiger charge is 2.27. The lowest BCUT2D eigenvalue weighted by molar-refractivity contribution is 0.228. The maximum atomic E-state index is 13.8. The van der Waals surface area contributed by atoms with Crippen molar-refractivity contribution in [3.63, 3.8) is 0 Å². The monoisotopic (exact) mass is 299 g/mol. The smallest absolute Gasteiger partial charge is 0.127 e. The molecular weight excluding hydrogens is 281 g/mol. The molecule has 1 nitrogen and oxygen atoms in total. The molecule has 17 heavy (non-hydrogen) atoms.